The lowest BCUT2D eigenvalue weighted by atomic mass is 10.2. The Hall–Kier alpha value is -1.53. The maximum absolute atomic E-state index is 5.47. The first-order valence-corrected chi connectivity index (χ1v) is 7.36. The van der Waals surface area contributed by atoms with E-state index in [4.69, 9.17) is 26.4 Å². The number of thiocarbonyl (C=S) groups is 1. The van der Waals surface area contributed by atoms with Crippen LogP contribution in [0, 0.1) is 0 Å². The highest BCUT2D eigenvalue weighted by Gasteiger charge is 2.06. The molecule has 0 saturated heterocycles. The molecule has 6 heteroatoms. The molecule has 0 heterocycles. The van der Waals surface area contributed by atoms with Gasteiger partial charge in [0.2, 0.25) is 0 Å². The zero-order valence-corrected chi connectivity index (χ0v) is 13.9. The molecule has 0 unspecified atom stereocenters. The topological polar surface area (TPSA) is 51.8 Å². The van der Waals surface area contributed by atoms with E-state index >= 15 is 0 Å². The first kappa shape index (κ1) is 17.5. The summed E-state index contributed by atoms with van der Waals surface area (Å²) in [5, 5.41) is 6.81. The molecule has 21 heavy (non-hydrogen) atoms. The number of benzene rings is 1. The Balaban J connectivity index is 2.40. The fourth-order valence-electron chi connectivity index (χ4n) is 1.66. The lowest BCUT2D eigenvalue weighted by molar-refractivity contribution is 0.0777. The van der Waals surface area contributed by atoms with E-state index in [1.807, 2.05) is 26.0 Å². The Kier molecular flexibility index (Phi) is 7.85. The standard InChI is InChI=1S/C15H24N2O3S/c1-11(2)20-9-5-8-16-15(21)17-13-7-6-12(18-3)10-14(13)19-4/h6-7,10-11H,5,8-9H2,1-4H3,(H2,16,17,21). The molecular weight excluding hydrogens is 288 g/mol. The second-order valence-corrected chi connectivity index (χ2v) is 5.13. The van der Waals surface area contributed by atoms with Crippen LogP contribution in [0.2, 0.25) is 0 Å². The first-order chi connectivity index (χ1) is 10.1. The Morgan fingerprint density at radius 3 is 2.62 bits per heavy atom. The molecule has 1 aromatic rings. The summed E-state index contributed by atoms with van der Waals surface area (Å²) in [5.41, 5.74) is 0.800. The Labute approximate surface area is 132 Å². The molecule has 0 aromatic heterocycles. The summed E-state index contributed by atoms with van der Waals surface area (Å²) >= 11 is 5.26. The highest BCUT2D eigenvalue weighted by Crippen LogP contribution is 2.28. The molecule has 0 aliphatic rings. The summed E-state index contributed by atoms with van der Waals surface area (Å²) in [6.45, 7) is 5.53. The molecule has 1 aromatic carbocycles. The van der Waals surface area contributed by atoms with E-state index in [1.165, 1.54) is 0 Å². The quantitative estimate of drug-likeness (QED) is 0.569. The van der Waals surface area contributed by atoms with Gasteiger partial charge in [-0.05, 0) is 44.6 Å². The minimum atomic E-state index is 0.263. The highest BCUT2D eigenvalue weighted by atomic mass is 32.1. The monoisotopic (exact) mass is 312 g/mol. The van der Waals surface area contributed by atoms with Gasteiger partial charge in [0.05, 0.1) is 26.0 Å². The zero-order chi connectivity index (χ0) is 15.7. The van der Waals surface area contributed by atoms with Crippen LogP contribution in [0.5, 0.6) is 11.5 Å². The summed E-state index contributed by atoms with van der Waals surface area (Å²) in [4.78, 5) is 0. The summed E-state index contributed by atoms with van der Waals surface area (Å²) in [5.74, 6) is 1.42. The van der Waals surface area contributed by atoms with Crippen molar-refractivity contribution in [3.63, 3.8) is 0 Å². The SMILES string of the molecule is COc1ccc(NC(=S)NCCCOC(C)C)c(OC)c1. The van der Waals surface area contributed by atoms with Crippen molar-refractivity contribution in [1.29, 1.82) is 0 Å². The third kappa shape index (κ3) is 6.64. The lowest BCUT2D eigenvalue weighted by Crippen LogP contribution is -2.30. The van der Waals surface area contributed by atoms with Crippen molar-refractivity contribution in [2.45, 2.75) is 26.4 Å². The van der Waals surface area contributed by atoms with Crippen molar-refractivity contribution in [3.05, 3.63) is 18.2 Å². The predicted octanol–water partition coefficient (Wildman–Crippen LogP) is 2.81. The van der Waals surface area contributed by atoms with Gasteiger partial charge in [-0.3, -0.25) is 0 Å². The predicted molar refractivity (Wildman–Crippen MR) is 89.5 cm³/mol. The van der Waals surface area contributed by atoms with E-state index in [0.29, 0.717) is 10.9 Å². The smallest absolute Gasteiger partial charge is 0.170 e. The molecule has 0 amide bonds. The van der Waals surface area contributed by atoms with Gasteiger partial charge in [0.25, 0.3) is 0 Å². The largest absolute Gasteiger partial charge is 0.497 e. The molecule has 2 N–H and O–H groups in total. The number of methoxy groups -OCH3 is 2. The van der Waals surface area contributed by atoms with Crippen molar-refractivity contribution in [2.75, 3.05) is 32.7 Å². The van der Waals surface area contributed by atoms with E-state index < -0.39 is 0 Å². The van der Waals surface area contributed by atoms with Gasteiger partial charge in [-0.25, -0.2) is 0 Å². The summed E-state index contributed by atoms with van der Waals surface area (Å²) in [6.07, 6.45) is 1.17. The van der Waals surface area contributed by atoms with Crippen LogP contribution in [-0.2, 0) is 4.74 Å². The normalized spacial score (nSPS) is 10.3. The lowest BCUT2D eigenvalue weighted by Gasteiger charge is -2.14. The highest BCUT2D eigenvalue weighted by molar-refractivity contribution is 7.80. The van der Waals surface area contributed by atoms with Crippen LogP contribution in [0.3, 0.4) is 0 Å². The molecule has 1 rings (SSSR count). The van der Waals surface area contributed by atoms with Gasteiger partial charge < -0.3 is 24.8 Å². The summed E-state index contributed by atoms with van der Waals surface area (Å²) in [7, 11) is 3.23. The van der Waals surface area contributed by atoms with E-state index in [0.717, 1.165) is 31.0 Å². The van der Waals surface area contributed by atoms with Crippen LogP contribution >= 0.6 is 12.2 Å². The number of nitrogens with one attached hydrogen (secondary N) is 2. The summed E-state index contributed by atoms with van der Waals surface area (Å²) < 4.78 is 15.9. The molecule has 0 spiro atoms. The fourth-order valence-corrected chi connectivity index (χ4v) is 1.87. The number of anilines is 1. The van der Waals surface area contributed by atoms with Crippen LogP contribution in [-0.4, -0.2) is 38.6 Å². The molecule has 0 atom stereocenters. The molecule has 5 nitrogen and oxygen atoms in total. The van der Waals surface area contributed by atoms with E-state index in [1.54, 1.807) is 20.3 Å². The Bertz CT molecular complexity index is 453. The van der Waals surface area contributed by atoms with E-state index in [-0.39, 0.29) is 6.10 Å². The second kappa shape index (κ2) is 9.41. The summed E-state index contributed by atoms with van der Waals surface area (Å²) in [6, 6.07) is 5.53. The maximum Gasteiger partial charge on any atom is 0.170 e. The van der Waals surface area contributed by atoms with Crippen molar-refractivity contribution in [2.24, 2.45) is 0 Å². The van der Waals surface area contributed by atoms with Crippen LogP contribution in [0.15, 0.2) is 18.2 Å². The minimum Gasteiger partial charge on any atom is -0.497 e. The van der Waals surface area contributed by atoms with E-state index in [2.05, 4.69) is 10.6 Å². The van der Waals surface area contributed by atoms with Crippen LogP contribution in [0.25, 0.3) is 0 Å². The average molecular weight is 312 g/mol. The number of rotatable bonds is 8. The van der Waals surface area contributed by atoms with Crippen LogP contribution < -0.4 is 20.1 Å². The number of hydrogen-bond donors (Lipinski definition) is 2. The minimum absolute atomic E-state index is 0.263. The van der Waals surface area contributed by atoms with Crippen molar-refractivity contribution >= 4 is 23.0 Å². The molecular formula is C15H24N2O3S. The molecule has 0 saturated carbocycles. The molecule has 0 radical (unpaired) electrons. The van der Waals surface area contributed by atoms with Crippen molar-refractivity contribution in [1.82, 2.24) is 5.32 Å². The first-order valence-electron chi connectivity index (χ1n) is 6.95. The number of ether oxygens (including phenoxy) is 3. The molecule has 0 aliphatic carbocycles. The molecule has 118 valence electrons. The van der Waals surface area contributed by atoms with Gasteiger partial charge in [0, 0.05) is 19.2 Å². The van der Waals surface area contributed by atoms with Gasteiger partial charge in [-0.2, -0.15) is 0 Å². The van der Waals surface area contributed by atoms with Gasteiger partial charge in [-0.1, -0.05) is 0 Å². The maximum atomic E-state index is 5.47. The van der Waals surface area contributed by atoms with Crippen LogP contribution in [0.4, 0.5) is 5.69 Å². The molecule has 0 fully saturated rings. The number of hydrogen-bond acceptors (Lipinski definition) is 4. The molecule has 0 bridgehead atoms. The van der Waals surface area contributed by atoms with Crippen molar-refractivity contribution in [3.8, 4) is 11.5 Å². The Morgan fingerprint density at radius 1 is 1.24 bits per heavy atom. The Morgan fingerprint density at radius 2 is 2.00 bits per heavy atom. The van der Waals surface area contributed by atoms with Gasteiger partial charge >= 0.3 is 0 Å². The zero-order valence-electron chi connectivity index (χ0n) is 13.1. The van der Waals surface area contributed by atoms with E-state index in [9.17, 15) is 0 Å². The fraction of sp³-hybridized carbons (Fsp3) is 0.533. The van der Waals surface area contributed by atoms with Gasteiger partial charge in [0.15, 0.2) is 5.11 Å². The average Bonchev–Trinajstić information content (AvgIpc) is 2.47. The van der Waals surface area contributed by atoms with Gasteiger partial charge in [0.1, 0.15) is 11.5 Å². The second-order valence-electron chi connectivity index (χ2n) is 4.72. The van der Waals surface area contributed by atoms with Crippen LogP contribution in [0.1, 0.15) is 20.3 Å². The third-order valence-electron chi connectivity index (χ3n) is 2.71. The van der Waals surface area contributed by atoms with Crippen molar-refractivity contribution < 1.29 is 14.2 Å². The van der Waals surface area contributed by atoms with Gasteiger partial charge in [-0.15, -0.1) is 0 Å². The third-order valence-corrected chi connectivity index (χ3v) is 2.96. The molecule has 0 aliphatic heterocycles.